The van der Waals surface area contributed by atoms with Crippen molar-refractivity contribution in [3.63, 3.8) is 0 Å². The highest BCUT2D eigenvalue weighted by molar-refractivity contribution is 5.80. The normalized spacial score (nSPS) is 25.3. The van der Waals surface area contributed by atoms with E-state index < -0.39 is 5.97 Å². The number of amides is 1. The zero-order valence-electron chi connectivity index (χ0n) is 12.0. The Bertz CT molecular complexity index is 530. The summed E-state index contributed by atoms with van der Waals surface area (Å²) in [4.78, 5) is 23.5. The predicted octanol–water partition coefficient (Wildman–Crippen LogP) is 2.16. The van der Waals surface area contributed by atoms with Crippen molar-refractivity contribution < 1.29 is 14.7 Å². The highest BCUT2D eigenvalue weighted by Crippen LogP contribution is 2.28. The first-order chi connectivity index (χ1) is 10.1. The fourth-order valence-electron chi connectivity index (χ4n) is 3.61. The van der Waals surface area contributed by atoms with Crippen molar-refractivity contribution >= 4 is 11.9 Å². The Balaban J connectivity index is 1.57. The van der Waals surface area contributed by atoms with E-state index in [1.807, 2.05) is 12.1 Å². The van der Waals surface area contributed by atoms with E-state index in [9.17, 15) is 9.59 Å². The summed E-state index contributed by atoms with van der Waals surface area (Å²) in [6.45, 7) is 0. The highest BCUT2D eigenvalue weighted by Gasteiger charge is 2.31. The number of hydrogen-bond donors (Lipinski definition) is 2. The molecule has 1 amide bonds. The zero-order chi connectivity index (χ0) is 14.8. The molecule has 0 spiro atoms. The summed E-state index contributed by atoms with van der Waals surface area (Å²) < 4.78 is 0. The van der Waals surface area contributed by atoms with Crippen LogP contribution in [0.25, 0.3) is 0 Å². The van der Waals surface area contributed by atoms with E-state index in [1.54, 1.807) is 0 Å². The van der Waals surface area contributed by atoms with Gasteiger partial charge in [0.1, 0.15) is 0 Å². The van der Waals surface area contributed by atoms with E-state index >= 15 is 0 Å². The Morgan fingerprint density at radius 1 is 1.05 bits per heavy atom. The second kappa shape index (κ2) is 5.88. The molecule has 0 bridgehead atoms. The van der Waals surface area contributed by atoms with Crippen molar-refractivity contribution in [2.75, 3.05) is 0 Å². The summed E-state index contributed by atoms with van der Waals surface area (Å²) in [5, 5.41) is 12.2. The summed E-state index contributed by atoms with van der Waals surface area (Å²) in [5.74, 6) is -0.943. The molecule has 2 aliphatic rings. The van der Waals surface area contributed by atoms with Gasteiger partial charge in [0.25, 0.3) is 0 Å². The van der Waals surface area contributed by atoms with E-state index in [0.29, 0.717) is 6.42 Å². The summed E-state index contributed by atoms with van der Waals surface area (Å²) in [6.07, 6.45) is 4.69. The lowest BCUT2D eigenvalue weighted by molar-refractivity contribution is -0.143. The summed E-state index contributed by atoms with van der Waals surface area (Å²) in [5.41, 5.74) is 2.54. The topological polar surface area (TPSA) is 66.4 Å². The first-order valence-electron chi connectivity index (χ1n) is 7.73. The fourth-order valence-corrected chi connectivity index (χ4v) is 3.61. The Morgan fingerprint density at radius 2 is 1.71 bits per heavy atom. The van der Waals surface area contributed by atoms with Gasteiger partial charge in [-0.05, 0) is 43.2 Å². The Labute approximate surface area is 124 Å². The molecule has 1 fully saturated rings. The minimum Gasteiger partial charge on any atom is -0.481 e. The number of rotatable bonds is 3. The number of aliphatic carboxylic acids is 1. The van der Waals surface area contributed by atoms with Gasteiger partial charge in [0.05, 0.1) is 5.92 Å². The van der Waals surface area contributed by atoms with Crippen LogP contribution in [0, 0.1) is 11.8 Å². The third-order valence-corrected chi connectivity index (χ3v) is 4.79. The van der Waals surface area contributed by atoms with E-state index in [0.717, 1.165) is 32.1 Å². The molecule has 2 aliphatic carbocycles. The molecule has 1 aromatic rings. The van der Waals surface area contributed by atoms with Gasteiger partial charge < -0.3 is 10.4 Å². The standard InChI is InChI=1S/C17H21NO3/c19-16(14-8-11-4-1-2-5-12(11)9-14)18-15-7-3-6-13(10-15)17(20)21/h1-2,4-5,13-15H,3,6-10H2,(H,18,19)(H,20,21). The minimum atomic E-state index is -0.734. The van der Waals surface area contributed by atoms with Crippen LogP contribution in [0.1, 0.15) is 36.8 Å². The van der Waals surface area contributed by atoms with Crippen molar-refractivity contribution in [1.29, 1.82) is 0 Å². The molecule has 2 N–H and O–H groups in total. The Morgan fingerprint density at radius 3 is 2.33 bits per heavy atom. The van der Waals surface area contributed by atoms with Crippen LogP contribution in [-0.2, 0) is 22.4 Å². The van der Waals surface area contributed by atoms with E-state index in [1.165, 1.54) is 11.1 Å². The van der Waals surface area contributed by atoms with Crippen LogP contribution in [-0.4, -0.2) is 23.0 Å². The zero-order valence-corrected chi connectivity index (χ0v) is 12.0. The van der Waals surface area contributed by atoms with Gasteiger partial charge >= 0.3 is 5.97 Å². The van der Waals surface area contributed by atoms with Crippen LogP contribution in [0.5, 0.6) is 0 Å². The lowest BCUT2D eigenvalue weighted by Crippen LogP contribution is -2.42. The molecule has 0 saturated heterocycles. The predicted molar refractivity (Wildman–Crippen MR) is 78.9 cm³/mol. The molecule has 1 aromatic carbocycles. The number of carboxylic acids is 1. The monoisotopic (exact) mass is 287 g/mol. The van der Waals surface area contributed by atoms with Crippen LogP contribution in [0.15, 0.2) is 24.3 Å². The summed E-state index contributed by atoms with van der Waals surface area (Å²) in [6, 6.07) is 8.22. The van der Waals surface area contributed by atoms with Crippen LogP contribution in [0.2, 0.25) is 0 Å². The molecule has 0 heterocycles. The fraction of sp³-hybridized carbons (Fsp3) is 0.529. The maximum absolute atomic E-state index is 12.4. The molecule has 112 valence electrons. The third kappa shape index (κ3) is 3.09. The van der Waals surface area contributed by atoms with Crippen LogP contribution in [0.3, 0.4) is 0 Å². The van der Waals surface area contributed by atoms with Gasteiger partial charge in [-0.15, -0.1) is 0 Å². The highest BCUT2D eigenvalue weighted by atomic mass is 16.4. The molecule has 1 saturated carbocycles. The van der Waals surface area contributed by atoms with Gasteiger partial charge in [0.15, 0.2) is 0 Å². The molecule has 4 nitrogen and oxygen atoms in total. The van der Waals surface area contributed by atoms with Gasteiger partial charge in [-0.3, -0.25) is 9.59 Å². The second-order valence-electron chi connectivity index (χ2n) is 6.28. The second-order valence-corrected chi connectivity index (χ2v) is 6.28. The number of benzene rings is 1. The molecule has 4 heteroatoms. The lowest BCUT2D eigenvalue weighted by Gasteiger charge is -2.28. The molecule has 0 radical (unpaired) electrons. The molecule has 0 aliphatic heterocycles. The minimum absolute atomic E-state index is 0.00704. The van der Waals surface area contributed by atoms with Crippen molar-refractivity contribution in [2.45, 2.75) is 44.6 Å². The molecule has 2 unspecified atom stereocenters. The quantitative estimate of drug-likeness (QED) is 0.895. The number of fused-ring (bicyclic) bond motifs is 1. The van der Waals surface area contributed by atoms with Crippen LogP contribution < -0.4 is 5.32 Å². The lowest BCUT2D eigenvalue weighted by atomic mass is 9.85. The van der Waals surface area contributed by atoms with E-state index in [-0.39, 0.29) is 23.8 Å². The van der Waals surface area contributed by atoms with Crippen molar-refractivity contribution in [1.82, 2.24) is 5.32 Å². The number of carboxylic acid groups (broad SMARTS) is 1. The van der Waals surface area contributed by atoms with E-state index in [4.69, 9.17) is 5.11 Å². The van der Waals surface area contributed by atoms with Crippen molar-refractivity contribution in [2.24, 2.45) is 11.8 Å². The third-order valence-electron chi connectivity index (χ3n) is 4.79. The van der Waals surface area contributed by atoms with Gasteiger partial charge in [0.2, 0.25) is 5.91 Å². The summed E-state index contributed by atoms with van der Waals surface area (Å²) >= 11 is 0. The van der Waals surface area contributed by atoms with Gasteiger partial charge in [0, 0.05) is 12.0 Å². The number of carbonyl (C=O) groups excluding carboxylic acids is 1. The average Bonchev–Trinajstić information content (AvgIpc) is 2.91. The summed E-state index contributed by atoms with van der Waals surface area (Å²) in [7, 11) is 0. The van der Waals surface area contributed by atoms with Crippen molar-refractivity contribution in [3.8, 4) is 0 Å². The largest absolute Gasteiger partial charge is 0.481 e. The van der Waals surface area contributed by atoms with Gasteiger partial charge in [-0.2, -0.15) is 0 Å². The maximum atomic E-state index is 12.4. The maximum Gasteiger partial charge on any atom is 0.306 e. The first kappa shape index (κ1) is 14.1. The first-order valence-corrected chi connectivity index (χ1v) is 7.73. The Kier molecular flexibility index (Phi) is 3.95. The number of hydrogen-bond acceptors (Lipinski definition) is 2. The molecular formula is C17H21NO3. The Hall–Kier alpha value is -1.84. The molecule has 0 aromatic heterocycles. The molecular weight excluding hydrogens is 266 g/mol. The molecule has 3 rings (SSSR count). The molecule has 21 heavy (non-hydrogen) atoms. The number of nitrogens with one attached hydrogen (secondary N) is 1. The van der Waals surface area contributed by atoms with Gasteiger partial charge in [-0.1, -0.05) is 30.7 Å². The smallest absolute Gasteiger partial charge is 0.306 e. The van der Waals surface area contributed by atoms with Crippen molar-refractivity contribution in [3.05, 3.63) is 35.4 Å². The number of carbonyl (C=O) groups is 2. The average molecular weight is 287 g/mol. The van der Waals surface area contributed by atoms with Crippen LogP contribution in [0.4, 0.5) is 0 Å². The van der Waals surface area contributed by atoms with Crippen LogP contribution >= 0.6 is 0 Å². The molecule has 2 atom stereocenters. The van der Waals surface area contributed by atoms with E-state index in [2.05, 4.69) is 17.4 Å². The van der Waals surface area contributed by atoms with Gasteiger partial charge in [-0.25, -0.2) is 0 Å². The SMILES string of the molecule is O=C(O)C1CCCC(NC(=O)C2Cc3ccccc3C2)C1.